The Labute approximate surface area is 141 Å². The molecule has 0 bridgehead atoms. The van der Waals surface area contributed by atoms with Gasteiger partial charge in [0.05, 0.1) is 22.2 Å². The van der Waals surface area contributed by atoms with E-state index in [1.165, 1.54) is 0 Å². The van der Waals surface area contributed by atoms with Gasteiger partial charge in [0.25, 0.3) is 0 Å². The van der Waals surface area contributed by atoms with Gasteiger partial charge in [0.15, 0.2) is 0 Å². The Morgan fingerprint density at radius 1 is 1.43 bits per heavy atom. The molecule has 2 rings (SSSR count). The van der Waals surface area contributed by atoms with Crippen LogP contribution in [-0.2, 0) is 9.59 Å². The van der Waals surface area contributed by atoms with Crippen LogP contribution < -0.4 is 4.90 Å². The van der Waals surface area contributed by atoms with Crippen molar-refractivity contribution in [2.45, 2.75) is 32.8 Å². The van der Waals surface area contributed by atoms with Gasteiger partial charge in [-0.05, 0) is 32.9 Å². The molecule has 0 saturated carbocycles. The highest BCUT2D eigenvalue weighted by atomic mass is 35.5. The van der Waals surface area contributed by atoms with E-state index in [0.29, 0.717) is 23.8 Å². The summed E-state index contributed by atoms with van der Waals surface area (Å²) in [5.41, 5.74) is -0.323. The number of benzene rings is 1. The number of hydrogen-bond donors (Lipinski definition) is 1. The molecule has 0 aliphatic carbocycles. The average Bonchev–Trinajstić information content (AvgIpc) is 2.85. The smallest absolute Gasteiger partial charge is 0.228 e. The maximum atomic E-state index is 12.7. The molecule has 5 nitrogen and oxygen atoms in total. The molecule has 1 saturated heterocycles. The zero-order valence-corrected chi connectivity index (χ0v) is 14.5. The number of likely N-dealkylation sites (N-methyl/N-ethyl adjacent to an activating group) is 1. The molecular weight excluding hydrogens is 316 g/mol. The minimum absolute atomic E-state index is 0.0995. The monoisotopic (exact) mass is 338 g/mol. The molecule has 1 aliphatic rings. The van der Waals surface area contributed by atoms with E-state index < -0.39 is 11.5 Å². The van der Waals surface area contributed by atoms with Crippen LogP contribution in [0, 0.1) is 5.92 Å². The molecule has 126 valence electrons. The third-order valence-electron chi connectivity index (χ3n) is 3.89. The van der Waals surface area contributed by atoms with Crippen LogP contribution in [0.25, 0.3) is 0 Å². The van der Waals surface area contributed by atoms with E-state index in [1.807, 2.05) is 13.0 Å². The Morgan fingerprint density at radius 3 is 2.65 bits per heavy atom. The lowest BCUT2D eigenvalue weighted by Gasteiger charge is -2.30. The summed E-state index contributed by atoms with van der Waals surface area (Å²) in [5, 5.41) is 10.4. The number of nitrogens with zero attached hydrogens (tertiary/aromatic N) is 2. The number of rotatable bonds is 5. The van der Waals surface area contributed by atoms with Gasteiger partial charge in [-0.3, -0.25) is 9.59 Å². The number of carbonyl (C=O) groups excluding carboxylic acids is 2. The molecular formula is C17H23ClN2O3. The number of carbonyl (C=O) groups is 2. The molecule has 6 heteroatoms. The quantitative estimate of drug-likeness (QED) is 0.896. The standard InChI is InChI=1S/C17H23ClN2O3/c1-4-19(11-17(2,3)23)16(22)12-9-15(21)20(10-12)14-8-6-5-7-13(14)18/h5-8,12,23H,4,9-11H2,1-3H3. The highest BCUT2D eigenvalue weighted by molar-refractivity contribution is 6.33. The molecule has 1 heterocycles. The second kappa shape index (κ2) is 6.89. The van der Waals surface area contributed by atoms with Gasteiger partial charge in [0.2, 0.25) is 11.8 Å². The zero-order valence-electron chi connectivity index (χ0n) is 13.8. The third-order valence-corrected chi connectivity index (χ3v) is 4.21. The van der Waals surface area contributed by atoms with Crippen LogP contribution in [0.15, 0.2) is 24.3 Å². The predicted octanol–water partition coefficient (Wildman–Crippen LogP) is 2.31. The molecule has 0 spiro atoms. The largest absolute Gasteiger partial charge is 0.389 e. The molecule has 1 aromatic carbocycles. The summed E-state index contributed by atoms with van der Waals surface area (Å²) >= 11 is 6.15. The van der Waals surface area contributed by atoms with E-state index in [2.05, 4.69) is 0 Å². The summed E-state index contributed by atoms with van der Waals surface area (Å²) in [6, 6.07) is 7.13. The topological polar surface area (TPSA) is 60.9 Å². The number of hydrogen-bond acceptors (Lipinski definition) is 3. The summed E-state index contributed by atoms with van der Waals surface area (Å²) < 4.78 is 0. The van der Waals surface area contributed by atoms with Crippen LogP contribution in [0.3, 0.4) is 0 Å². The minimum atomic E-state index is -0.962. The maximum absolute atomic E-state index is 12.7. The van der Waals surface area contributed by atoms with Crippen LogP contribution in [0.1, 0.15) is 27.2 Å². The van der Waals surface area contributed by atoms with Crippen molar-refractivity contribution in [3.05, 3.63) is 29.3 Å². The van der Waals surface area contributed by atoms with E-state index in [0.717, 1.165) is 0 Å². The summed E-state index contributed by atoms with van der Waals surface area (Å²) in [5.74, 6) is -0.602. The molecule has 1 atom stereocenters. The van der Waals surface area contributed by atoms with E-state index in [1.54, 1.807) is 41.8 Å². The molecule has 2 amide bonds. The molecule has 1 aromatic rings. The first-order valence-corrected chi connectivity index (χ1v) is 8.17. The number of amides is 2. The molecule has 0 radical (unpaired) electrons. The summed E-state index contributed by atoms with van der Waals surface area (Å²) in [6.07, 6.45) is 0.173. The number of halogens is 1. The van der Waals surface area contributed by atoms with Gasteiger partial charge in [0.1, 0.15) is 0 Å². The van der Waals surface area contributed by atoms with Crippen molar-refractivity contribution in [3.8, 4) is 0 Å². The van der Waals surface area contributed by atoms with Gasteiger partial charge >= 0.3 is 0 Å². The molecule has 1 unspecified atom stereocenters. The Bertz CT molecular complexity index is 598. The Balaban J connectivity index is 2.13. The van der Waals surface area contributed by atoms with E-state index in [-0.39, 0.29) is 24.8 Å². The van der Waals surface area contributed by atoms with E-state index in [4.69, 9.17) is 11.6 Å². The summed E-state index contributed by atoms with van der Waals surface area (Å²) in [6.45, 7) is 6.27. The second-order valence-electron chi connectivity index (χ2n) is 6.52. The van der Waals surface area contributed by atoms with Crippen LogP contribution in [0.4, 0.5) is 5.69 Å². The minimum Gasteiger partial charge on any atom is -0.389 e. The summed E-state index contributed by atoms with van der Waals surface area (Å²) in [4.78, 5) is 28.1. The fourth-order valence-corrected chi connectivity index (χ4v) is 3.09. The van der Waals surface area contributed by atoms with Gasteiger partial charge in [0, 0.05) is 26.1 Å². The molecule has 23 heavy (non-hydrogen) atoms. The number of anilines is 1. The SMILES string of the molecule is CCN(CC(C)(C)O)C(=O)C1CC(=O)N(c2ccccc2Cl)C1. The van der Waals surface area contributed by atoms with Crippen molar-refractivity contribution in [2.24, 2.45) is 5.92 Å². The zero-order chi connectivity index (χ0) is 17.2. The number of aliphatic hydroxyl groups is 1. The van der Waals surface area contributed by atoms with Crippen molar-refractivity contribution in [3.63, 3.8) is 0 Å². The van der Waals surface area contributed by atoms with E-state index >= 15 is 0 Å². The van der Waals surface area contributed by atoms with Crippen LogP contribution in [-0.4, -0.2) is 47.1 Å². The van der Waals surface area contributed by atoms with Gasteiger partial charge in [-0.2, -0.15) is 0 Å². The molecule has 0 aromatic heterocycles. The van der Waals surface area contributed by atoms with Gasteiger partial charge < -0.3 is 14.9 Å². The predicted molar refractivity (Wildman–Crippen MR) is 90.5 cm³/mol. The second-order valence-corrected chi connectivity index (χ2v) is 6.93. The van der Waals surface area contributed by atoms with Gasteiger partial charge in [-0.1, -0.05) is 23.7 Å². The lowest BCUT2D eigenvalue weighted by atomic mass is 10.0. The van der Waals surface area contributed by atoms with Crippen molar-refractivity contribution in [1.82, 2.24) is 4.90 Å². The highest BCUT2D eigenvalue weighted by Crippen LogP contribution is 2.31. The van der Waals surface area contributed by atoms with Gasteiger partial charge in [-0.15, -0.1) is 0 Å². The van der Waals surface area contributed by atoms with Crippen LogP contribution >= 0.6 is 11.6 Å². The Hall–Kier alpha value is -1.59. The first-order chi connectivity index (χ1) is 10.7. The van der Waals surface area contributed by atoms with Crippen molar-refractivity contribution < 1.29 is 14.7 Å². The first kappa shape index (κ1) is 17.8. The fraction of sp³-hybridized carbons (Fsp3) is 0.529. The number of para-hydroxylation sites is 1. The van der Waals surface area contributed by atoms with Gasteiger partial charge in [-0.25, -0.2) is 0 Å². The summed E-state index contributed by atoms with van der Waals surface area (Å²) in [7, 11) is 0. The van der Waals surface area contributed by atoms with Crippen molar-refractivity contribution in [1.29, 1.82) is 0 Å². The lowest BCUT2D eigenvalue weighted by molar-refractivity contribution is -0.138. The van der Waals surface area contributed by atoms with Crippen LogP contribution in [0.5, 0.6) is 0 Å². The lowest BCUT2D eigenvalue weighted by Crippen LogP contribution is -2.45. The van der Waals surface area contributed by atoms with Crippen LogP contribution in [0.2, 0.25) is 5.02 Å². The Kier molecular flexibility index (Phi) is 5.32. The highest BCUT2D eigenvalue weighted by Gasteiger charge is 2.38. The van der Waals surface area contributed by atoms with Crippen molar-refractivity contribution >= 4 is 29.1 Å². The van der Waals surface area contributed by atoms with Crippen molar-refractivity contribution in [2.75, 3.05) is 24.5 Å². The average molecular weight is 339 g/mol. The van der Waals surface area contributed by atoms with E-state index in [9.17, 15) is 14.7 Å². The maximum Gasteiger partial charge on any atom is 0.228 e. The first-order valence-electron chi connectivity index (χ1n) is 7.79. The fourth-order valence-electron chi connectivity index (χ4n) is 2.85. The normalized spacial score (nSPS) is 18.4. The third kappa shape index (κ3) is 4.24. The molecule has 1 fully saturated rings. The molecule has 1 N–H and O–H groups in total. The molecule has 1 aliphatic heterocycles. The Morgan fingerprint density at radius 2 is 2.09 bits per heavy atom.